The SMILES string of the molecule is O=C1NN=C(c2cccc(O)c2)C2=CSCCN12. The maximum absolute atomic E-state index is 11.7. The Morgan fingerprint density at radius 3 is 3.17 bits per heavy atom. The maximum Gasteiger partial charge on any atom is 0.342 e. The Morgan fingerprint density at radius 1 is 1.44 bits per heavy atom. The third-order valence-electron chi connectivity index (χ3n) is 2.79. The number of hydrazone groups is 1. The molecule has 0 aromatic heterocycles. The fourth-order valence-electron chi connectivity index (χ4n) is 1.95. The van der Waals surface area contributed by atoms with Gasteiger partial charge in [-0.25, -0.2) is 10.2 Å². The number of hydrogen-bond donors (Lipinski definition) is 2. The van der Waals surface area contributed by atoms with Crippen LogP contribution in [-0.2, 0) is 0 Å². The van der Waals surface area contributed by atoms with Crippen molar-refractivity contribution in [2.45, 2.75) is 0 Å². The molecule has 6 heteroatoms. The van der Waals surface area contributed by atoms with Crippen molar-refractivity contribution in [1.29, 1.82) is 0 Å². The zero-order chi connectivity index (χ0) is 12.5. The van der Waals surface area contributed by atoms with E-state index in [4.69, 9.17) is 0 Å². The molecule has 0 aliphatic carbocycles. The Kier molecular flexibility index (Phi) is 2.71. The van der Waals surface area contributed by atoms with E-state index in [1.807, 2.05) is 11.5 Å². The minimum Gasteiger partial charge on any atom is -0.508 e. The second-order valence-electron chi connectivity index (χ2n) is 3.95. The van der Waals surface area contributed by atoms with Gasteiger partial charge in [0, 0.05) is 17.9 Å². The standard InChI is InChI=1S/C12H11N3O2S/c16-9-3-1-2-8(6-9)11-10-7-18-5-4-15(10)12(17)14-13-11/h1-3,6-7,16H,4-5H2,(H,14,17). The minimum atomic E-state index is -0.203. The molecule has 2 aliphatic heterocycles. The monoisotopic (exact) mass is 261 g/mol. The predicted octanol–water partition coefficient (Wildman–Crippen LogP) is 1.71. The van der Waals surface area contributed by atoms with Gasteiger partial charge >= 0.3 is 6.03 Å². The van der Waals surface area contributed by atoms with Crippen LogP contribution in [-0.4, -0.2) is 34.0 Å². The number of fused-ring (bicyclic) bond motifs is 1. The molecule has 92 valence electrons. The number of phenolic OH excluding ortho intramolecular Hbond substituents is 1. The summed E-state index contributed by atoms with van der Waals surface area (Å²) in [5.74, 6) is 1.06. The van der Waals surface area contributed by atoms with Crippen molar-refractivity contribution in [3.63, 3.8) is 0 Å². The molecule has 0 radical (unpaired) electrons. The van der Waals surface area contributed by atoms with E-state index in [1.54, 1.807) is 34.9 Å². The molecule has 0 bridgehead atoms. The van der Waals surface area contributed by atoms with Crippen LogP contribution in [0.4, 0.5) is 4.79 Å². The van der Waals surface area contributed by atoms with E-state index in [1.165, 1.54) is 0 Å². The van der Waals surface area contributed by atoms with Crippen molar-refractivity contribution in [1.82, 2.24) is 10.3 Å². The number of benzene rings is 1. The normalized spacial score (nSPS) is 18.7. The van der Waals surface area contributed by atoms with E-state index in [0.29, 0.717) is 12.3 Å². The number of allylic oxidation sites excluding steroid dienone is 1. The molecule has 0 spiro atoms. The molecule has 2 N–H and O–H groups in total. The number of aromatic hydroxyl groups is 1. The molecule has 1 aromatic rings. The molecule has 0 fully saturated rings. The zero-order valence-corrected chi connectivity index (χ0v) is 10.3. The van der Waals surface area contributed by atoms with E-state index in [0.717, 1.165) is 17.0 Å². The molecule has 1 aromatic carbocycles. The number of amides is 2. The van der Waals surface area contributed by atoms with Crippen molar-refractivity contribution in [3.8, 4) is 5.75 Å². The van der Waals surface area contributed by atoms with Gasteiger partial charge in [0.15, 0.2) is 0 Å². The average molecular weight is 261 g/mol. The second kappa shape index (κ2) is 4.38. The van der Waals surface area contributed by atoms with Crippen LogP contribution >= 0.6 is 11.8 Å². The van der Waals surface area contributed by atoms with Gasteiger partial charge < -0.3 is 5.11 Å². The first-order chi connectivity index (χ1) is 8.75. The Labute approximate surface area is 108 Å². The van der Waals surface area contributed by atoms with E-state index in [2.05, 4.69) is 10.5 Å². The molecule has 5 nitrogen and oxygen atoms in total. The summed E-state index contributed by atoms with van der Waals surface area (Å²) < 4.78 is 0. The highest BCUT2D eigenvalue weighted by Crippen LogP contribution is 2.26. The molecule has 2 heterocycles. The van der Waals surface area contributed by atoms with Gasteiger partial charge in [-0.3, -0.25) is 4.90 Å². The summed E-state index contributed by atoms with van der Waals surface area (Å²) in [7, 11) is 0. The van der Waals surface area contributed by atoms with Crippen LogP contribution in [0.5, 0.6) is 5.75 Å². The number of hydrogen-bond acceptors (Lipinski definition) is 4. The number of nitrogens with one attached hydrogen (secondary N) is 1. The van der Waals surface area contributed by atoms with Gasteiger partial charge in [-0.2, -0.15) is 5.10 Å². The largest absolute Gasteiger partial charge is 0.508 e. The molecular formula is C12H11N3O2S. The van der Waals surface area contributed by atoms with Crippen LogP contribution < -0.4 is 5.43 Å². The van der Waals surface area contributed by atoms with Crippen LogP contribution in [0.15, 0.2) is 40.5 Å². The van der Waals surface area contributed by atoms with E-state index >= 15 is 0 Å². The number of rotatable bonds is 1. The number of carbonyl (C=O) groups excluding carboxylic acids is 1. The van der Waals surface area contributed by atoms with Gasteiger partial charge in [0.25, 0.3) is 0 Å². The van der Waals surface area contributed by atoms with Crippen molar-refractivity contribution in [2.75, 3.05) is 12.3 Å². The summed E-state index contributed by atoms with van der Waals surface area (Å²) in [4.78, 5) is 13.4. The highest BCUT2D eigenvalue weighted by Gasteiger charge is 2.29. The number of urea groups is 1. The van der Waals surface area contributed by atoms with Gasteiger partial charge in [0.2, 0.25) is 0 Å². The molecule has 2 amide bonds. The summed E-state index contributed by atoms with van der Waals surface area (Å²) >= 11 is 1.66. The average Bonchev–Trinajstić information content (AvgIpc) is 2.39. The highest BCUT2D eigenvalue weighted by atomic mass is 32.2. The quantitative estimate of drug-likeness (QED) is 0.809. The van der Waals surface area contributed by atoms with Gasteiger partial charge in [0.1, 0.15) is 11.5 Å². The molecule has 18 heavy (non-hydrogen) atoms. The minimum absolute atomic E-state index is 0.183. The maximum atomic E-state index is 11.7. The van der Waals surface area contributed by atoms with Gasteiger partial charge in [-0.05, 0) is 17.5 Å². The first-order valence-electron chi connectivity index (χ1n) is 5.52. The lowest BCUT2D eigenvalue weighted by molar-refractivity contribution is 0.213. The molecule has 2 aliphatic rings. The fourth-order valence-corrected chi connectivity index (χ4v) is 2.75. The lowest BCUT2D eigenvalue weighted by Crippen LogP contribution is -2.46. The first kappa shape index (κ1) is 11.2. The third kappa shape index (κ3) is 1.84. The number of phenols is 1. The van der Waals surface area contributed by atoms with Gasteiger partial charge in [-0.1, -0.05) is 12.1 Å². The summed E-state index contributed by atoms with van der Waals surface area (Å²) in [6.45, 7) is 0.667. The molecule has 0 atom stereocenters. The van der Waals surface area contributed by atoms with Crippen molar-refractivity contribution >= 4 is 23.5 Å². The molecule has 3 rings (SSSR count). The summed E-state index contributed by atoms with van der Waals surface area (Å²) in [6.07, 6.45) is 0. The third-order valence-corrected chi connectivity index (χ3v) is 3.60. The topological polar surface area (TPSA) is 64.9 Å². The van der Waals surface area contributed by atoms with E-state index < -0.39 is 0 Å². The summed E-state index contributed by atoms with van der Waals surface area (Å²) in [5, 5.41) is 15.5. The van der Waals surface area contributed by atoms with Gasteiger partial charge in [0.05, 0.1) is 5.70 Å². The Bertz CT molecular complexity index is 568. The summed E-state index contributed by atoms with van der Waals surface area (Å²) in [5.41, 5.74) is 4.75. The van der Waals surface area contributed by atoms with Crippen LogP contribution in [0.25, 0.3) is 0 Å². The van der Waals surface area contributed by atoms with E-state index in [9.17, 15) is 9.90 Å². The lowest BCUT2D eigenvalue weighted by atomic mass is 10.1. The molecule has 0 saturated heterocycles. The Balaban J connectivity index is 2.06. The Hall–Kier alpha value is -1.95. The molecular weight excluding hydrogens is 250 g/mol. The Morgan fingerprint density at radius 2 is 2.33 bits per heavy atom. The van der Waals surface area contributed by atoms with E-state index in [-0.39, 0.29) is 11.8 Å². The van der Waals surface area contributed by atoms with Crippen LogP contribution in [0.3, 0.4) is 0 Å². The van der Waals surface area contributed by atoms with Crippen molar-refractivity contribution < 1.29 is 9.90 Å². The van der Waals surface area contributed by atoms with Crippen LogP contribution in [0.1, 0.15) is 5.56 Å². The number of carbonyl (C=O) groups is 1. The number of thioether (sulfide) groups is 1. The lowest BCUT2D eigenvalue weighted by Gasteiger charge is -2.31. The van der Waals surface area contributed by atoms with Crippen LogP contribution in [0.2, 0.25) is 0 Å². The number of nitrogens with zero attached hydrogens (tertiary/aromatic N) is 2. The predicted molar refractivity (Wildman–Crippen MR) is 70.4 cm³/mol. The van der Waals surface area contributed by atoms with Crippen molar-refractivity contribution in [2.24, 2.45) is 5.10 Å². The molecule has 0 unspecified atom stereocenters. The fraction of sp³-hybridized carbons (Fsp3) is 0.167. The molecule has 0 saturated carbocycles. The van der Waals surface area contributed by atoms with Crippen molar-refractivity contribution in [3.05, 3.63) is 40.9 Å². The van der Waals surface area contributed by atoms with Gasteiger partial charge in [-0.15, -0.1) is 11.8 Å². The smallest absolute Gasteiger partial charge is 0.342 e. The van der Waals surface area contributed by atoms with Crippen LogP contribution in [0, 0.1) is 0 Å². The zero-order valence-electron chi connectivity index (χ0n) is 9.46. The first-order valence-corrected chi connectivity index (χ1v) is 6.57. The second-order valence-corrected chi connectivity index (χ2v) is 4.93. The highest BCUT2D eigenvalue weighted by molar-refractivity contribution is 8.02. The summed E-state index contributed by atoms with van der Waals surface area (Å²) in [6, 6.07) is 6.64.